The summed E-state index contributed by atoms with van der Waals surface area (Å²) < 4.78 is 4.99. The minimum atomic E-state index is -0.645. The molecule has 2 rings (SSSR count). The highest BCUT2D eigenvalue weighted by molar-refractivity contribution is 8.01. The summed E-state index contributed by atoms with van der Waals surface area (Å²) in [5, 5.41) is 4.88. The van der Waals surface area contributed by atoms with Crippen LogP contribution in [0.1, 0.15) is 27.2 Å². The Kier molecular flexibility index (Phi) is 7.06. The summed E-state index contributed by atoms with van der Waals surface area (Å²) in [6.07, 6.45) is -0.146. The zero-order valence-corrected chi connectivity index (χ0v) is 17.2. The molecular formula is C19H25N3O5S. The monoisotopic (exact) mass is 407 g/mol. The van der Waals surface area contributed by atoms with Crippen molar-refractivity contribution < 1.29 is 23.9 Å². The van der Waals surface area contributed by atoms with E-state index in [0.717, 1.165) is 4.90 Å². The van der Waals surface area contributed by atoms with Crippen molar-refractivity contribution in [3.05, 3.63) is 24.3 Å². The molecule has 0 fully saturated rings. The van der Waals surface area contributed by atoms with Crippen LogP contribution in [0, 0.1) is 0 Å². The lowest BCUT2D eigenvalue weighted by Gasteiger charge is -2.24. The molecule has 28 heavy (non-hydrogen) atoms. The predicted molar refractivity (Wildman–Crippen MR) is 106 cm³/mol. The molecule has 1 aliphatic heterocycles. The van der Waals surface area contributed by atoms with Crippen molar-refractivity contribution in [2.75, 3.05) is 25.5 Å². The second-order valence-corrected chi connectivity index (χ2v) is 8.75. The molecule has 0 aliphatic carbocycles. The Hall–Kier alpha value is -2.55. The highest BCUT2D eigenvalue weighted by atomic mass is 32.2. The molecular weight excluding hydrogens is 382 g/mol. The van der Waals surface area contributed by atoms with Crippen molar-refractivity contribution in [1.29, 1.82) is 0 Å². The number of esters is 1. The van der Waals surface area contributed by atoms with Crippen LogP contribution >= 0.6 is 11.8 Å². The highest BCUT2D eigenvalue weighted by Gasteiger charge is 2.29. The first-order chi connectivity index (χ1) is 13.0. The smallest absolute Gasteiger partial charge is 0.307 e. The number of nitrogens with one attached hydrogen (secondary N) is 2. The Morgan fingerprint density at radius 1 is 1.25 bits per heavy atom. The van der Waals surface area contributed by atoms with Crippen LogP contribution in [0.3, 0.4) is 0 Å². The second kappa shape index (κ2) is 9.09. The van der Waals surface area contributed by atoms with E-state index >= 15 is 0 Å². The van der Waals surface area contributed by atoms with Gasteiger partial charge in [0.15, 0.2) is 6.61 Å². The Bertz CT molecular complexity index is 775. The standard InChI is InChI=1S/C19H25N3O5S/c1-19(2,3)21-15(23)10-22(4)16(24)11-27-17(25)9-14-18(26)20-12-7-5-6-8-13(12)28-14/h5-8,14H,9-11H2,1-4H3,(H,20,26)(H,21,23)/t14-/m0/s1. The molecule has 9 heteroatoms. The SMILES string of the molecule is CN(CC(=O)NC(C)(C)C)C(=O)COC(=O)C[C@@H]1Sc2ccccc2NC1=O. The molecule has 3 amide bonds. The number of hydrogen-bond acceptors (Lipinski definition) is 6. The topological polar surface area (TPSA) is 105 Å². The summed E-state index contributed by atoms with van der Waals surface area (Å²) in [5.74, 6) is -1.72. The number of hydrogen-bond donors (Lipinski definition) is 2. The zero-order valence-electron chi connectivity index (χ0n) is 16.4. The van der Waals surface area contributed by atoms with E-state index in [2.05, 4.69) is 10.6 Å². The van der Waals surface area contributed by atoms with Gasteiger partial charge in [0.25, 0.3) is 5.91 Å². The van der Waals surface area contributed by atoms with Gasteiger partial charge in [-0.1, -0.05) is 12.1 Å². The molecule has 8 nitrogen and oxygen atoms in total. The lowest BCUT2D eigenvalue weighted by Crippen LogP contribution is -2.47. The van der Waals surface area contributed by atoms with Crippen LogP contribution in [-0.4, -0.2) is 59.6 Å². The maximum absolute atomic E-state index is 12.1. The first-order valence-electron chi connectivity index (χ1n) is 8.82. The van der Waals surface area contributed by atoms with E-state index in [1.807, 2.05) is 39.0 Å². The van der Waals surface area contributed by atoms with Gasteiger partial charge in [-0.05, 0) is 32.9 Å². The van der Waals surface area contributed by atoms with Crippen LogP contribution in [0.15, 0.2) is 29.2 Å². The Morgan fingerprint density at radius 3 is 2.61 bits per heavy atom. The predicted octanol–water partition coefficient (Wildman–Crippen LogP) is 1.41. The second-order valence-electron chi connectivity index (χ2n) is 7.50. The molecule has 0 bridgehead atoms. The minimum absolute atomic E-state index is 0.134. The van der Waals surface area contributed by atoms with Crippen LogP contribution in [0.4, 0.5) is 5.69 Å². The maximum Gasteiger partial charge on any atom is 0.307 e. The van der Waals surface area contributed by atoms with Crippen LogP contribution in [0.5, 0.6) is 0 Å². The van der Waals surface area contributed by atoms with Gasteiger partial charge in [-0.2, -0.15) is 0 Å². The van der Waals surface area contributed by atoms with Gasteiger partial charge in [0.1, 0.15) is 0 Å². The number of benzene rings is 1. The molecule has 2 N–H and O–H groups in total. The molecule has 0 unspecified atom stereocenters. The number of likely N-dealkylation sites (N-methyl/N-ethyl adjacent to an activating group) is 1. The van der Waals surface area contributed by atoms with Crippen LogP contribution < -0.4 is 10.6 Å². The zero-order chi connectivity index (χ0) is 20.9. The van der Waals surface area contributed by atoms with Gasteiger partial charge in [-0.15, -0.1) is 11.8 Å². The fourth-order valence-corrected chi connectivity index (χ4v) is 3.55. The Morgan fingerprint density at radius 2 is 1.93 bits per heavy atom. The number of carbonyl (C=O) groups excluding carboxylic acids is 4. The van der Waals surface area contributed by atoms with E-state index in [-0.39, 0.29) is 24.8 Å². The van der Waals surface area contributed by atoms with Crippen LogP contribution in [-0.2, 0) is 23.9 Å². The fourth-order valence-electron chi connectivity index (χ4n) is 2.45. The molecule has 1 atom stereocenters. The van der Waals surface area contributed by atoms with E-state index in [1.54, 1.807) is 6.07 Å². The van der Waals surface area contributed by atoms with E-state index in [0.29, 0.717) is 5.69 Å². The minimum Gasteiger partial charge on any atom is -0.456 e. The number of anilines is 1. The summed E-state index contributed by atoms with van der Waals surface area (Å²) in [6.45, 7) is 4.91. The van der Waals surface area contributed by atoms with Gasteiger partial charge in [0.05, 0.1) is 23.9 Å². The number of rotatable bonds is 6. The Balaban J connectivity index is 1.78. The molecule has 0 radical (unpaired) electrons. The number of nitrogens with zero attached hydrogens (tertiary/aromatic N) is 1. The van der Waals surface area contributed by atoms with Gasteiger partial charge < -0.3 is 20.3 Å². The molecule has 0 saturated heterocycles. The first kappa shape index (κ1) is 21.7. The number of ether oxygens (including phenoxy) is 1. The molecule has 152 valence electrons. The first-order valence-corrected chi connectivity index (χ1v) is 9.70. The lowest BCUT2D eigenvalue weighted by atomic mass is 10.1. The molecule has 0 saturated carbocycles. The third-order valence-corrected chi connectivity index (χ3v) is 5.01. The van der Waals surface area contributed by atoms with Gasteiger partial charge in [0, 0.05) is 17.5 Å². The third kappa shape index (κ3) is 6.56. The largest absolute Gasteiger partial charge is 0.456 e. The average Bonchev–Trinajstić information content (AvgIpc) is 2.58. The highest BCUT2D eigenvalue weighted by Crippen LogP contribution is 2.36. The molecule has 1 aliphatic rings. The number of amides is 3. The number of fused-ring (bicyclic) bond motifs is 1. The summed E-state index contributed by atoms with van der Waals surface area (Å²) in [5.41, 5.74) is 0.317. The summed E-state index contributed by atoms with van der Waals surface area (Å²) in [4.78, 5) is 50.1. The number of thioether (sulfide) groups is 1. The molecule has 1 aromatic rings. The van der Waals surface area contributed by atoms with E-state index in [9.17, 15) is 19.2 Å². The number of carbonyl (C=O) groups is 4. The van der Waals surface area contributed by atoms with Crippen molar-refractivity contribution in [2.45, 2.75) is 42.9 Å². The summed E-state index contributed by atoms with van der Waals surface area (Å²) in [6, 6.07) is 7.32. The maximum atomic E-state index is 12.1. The number of para-hydroxylation sites is 1. The van der Waals surface area contributed by atoms with Crippen LogP contribution in [0.25, 0.3) is 0 Å². The van der Waals surface area contributed by atoms with Gasteiger partial charge in [0.2, 0.25) is 11.8 Å². The lowest BCUT2D eigenvalue weighted by molar-refractivity contribution is -0.152. The summed E-state index contributed by atoms with van der Waals surface area (Å²) >= 11 is 1.29. The normalized spacial score (nSPS) is 15.9. The van der Waals surface area contributed by atoms with Crippen molar-refractivity contribution >= 4 is 41.1 Å². The molecule has 1 heterocycles. The Labute approximate surface area is 168 Å². The van der Waals surface area contributed by atoms with Gasteiger partial charge in [-0.25, -0.2) is 0 Å². The molecule has 0 spiro atoms. The third-order valence-electron chi connectivity index (χ3n) is 3.74. The van der Waals surface area contributed by atoms with Crippen molar-refractivity contribution in [3.63, 3.8) is 0 Å². The van der Waals surface area contributed by atoms with Gasteiger partial charge >= 0.3 is 5.97 Å². The molecule has 1 aromatic carbocycles. The molecule has 0 aromatic heterocycles. The quantitative estimate of drug-likeness (QED) is 0.691. The van der Waals surface area contributed by atoms with Crippen molar-refractivity contribution in [2.24, 2.45) is 0 Å². The van der Waals surface area contributed by atoms with Gasteiger partial charge in [-0.3, -0.25) is 19.2 Å². The van der Waals surface area contributed by atoms with E-state index < -0.39 is 29.3 Å². The van der Waals surface area contributed by atoms with E-state index in [4.69, 9.17) is 4.74 Å². The summed E-state index contributed by atoms with van der Waals surface area (Å²) in [7, 11) is 1.46. The van der Waals surface area contributed by atoms with E-state index in [1.165, 1.54) is 23.7 Å². The van der Waals surface area contributed by atoms with Crippen molar-refractivity contribution in [3.8, 4) is 0 Å². The van der Waals surface area contributed by atoms with Crippen molar-refractivity contribution in [1.82, 2.24) is 10.2 Å². The fraction of sp³-hybridized carbons (Fsp3) is 0.474. The van der Waals surface area contributed by atoms with Crippen LogP contribution in [0.2, 0.25) is 0 Å². The average molecular weight is 407 g/mol.